The van der Waals surface area contributed by atoms with Crippen LogP contribution in [0.25, 0.3) is 11.5 Å². The second kappa shape index (κ2) is 5.98. The first-order valence-electron chi connectivity index (χ1n) is 6.37. The fraction of sp³-hybridized carbons (Fsp3) is 0.0714. The van der Waals surface area contributed by atoms with Gasteiger partial charge in [-0.3, -0.25) is 4.72 Å². The first-order chi connectivity index (χ1) is 11.0. The average Bonchev–Trinajstić information content (AvgIpc) is 3.18. The van der Waals surface area contributed by atoms with Crippen LogP contribution in [0, 0.1) is 0 Å². The van der Waals surface area contributed by atoms with Crippen LogP contribution in [0.2, 0.25) is 5.02 Å². The van der Waals surface area contributed by atoms with Crippen LogP contribution in [0.4, 0.5) is 5.69 Å². The Labute approximate surface area is 136 Å². The molecule has 0 saturated carbocycles. The van der Waals surface area contributed by atoms with Crippen molar-refractivity contribution >= 4 is 27.3 Å². The first kappa shape index (κ1) is 15.4. The minimum Gasteiger partial charge on any atom is -0.495 e. The smallest absolute Gasteiger partial charge is 0.295 e. The molecule has 1 N–H and O–H groups in total. The number of rotatable bonds is 5. The van der Waals surface area contributed by atoms with Gasteiger partial charge in [-0.1, -0.05) is 16.8 Å². The van der Waals surface area contributed by atoms with E-state index in [1.54, 1.807) is 18.2 Å². The maximum absolute atomic E-state index is 12.4. The lowest BCUT2D eigenvalue weighted by molar-refractivity contribution is 0.401. The summed E-state index contributed by atoms with van der Waals surface area (Å²) in [6.45, 7) is 0. The third kappa shape index (κ3) is 3.17. The molecule has 9 heteroatoms. The normalized spacial score (nSPS) is 11.4. The van der Waals surface area contributed by atoms with Crippen molar-refractivity contribution in [3.8, 4) is 17.3 Å². The van der Waals surface area contributed by atoms with Gasteiger partial charge in [-0.15, -0.1) is 0 Å². The topological polar surface area (TPSA) is 94.6 Å². The van der Waals surface area contributed by atoms with Gasteiger partial charge in [-0.05, 0) is 30.3 Å². The minimum absolute atomic E-state index is 0.206. The summed E-state index contributed by atoms with van der Waals surface area (Å²) in [6.07, 6.45) is 1.43. The fourth-order valence-corrected chi connectivity index (χ4v) is 3.06. The van der Waals surface area contributed by atoms with E-state index in [0.29, 0.717) is 16.5 Å². The van der Waals surface area contributed by atoms with Crippen molar-refractivity contribution in [2.24, 2.45) is 0 Å². The molecular weight excluding hydrogens is 344 g/mol. The number of sulfonamides is 1. The van der Waals surface area contributed by atoms with Crippen LogP contribution in [0.1, 0.15) is 0 Å². The average molecular weight is 355 g/mol. The molecule has 0 unspecified atom stereocenters. The van der Waals surface area contributed by atoms with Gasteiger partial charge in [0.1, 0.15) is 5.75 Å². The molecular formula is C14H11ClN2O5S. The SMILES string of the molecule is COc1ccc(Cl)cc1NS(=O)(=O)c1ccc(-c2ccno2)o1. The van der Waals surface area contributed by atoms with E-state index in [4.69, 9.17) is 25.3 Å². The van der Waals surface area contributed by atoms with Gasteiger partial charge in [0, 0.05) is 11.1 Å². The van der Waals surface area contributed by atoms with E-state index in [1.165, 1.54) is 31.5 Å². The molecule has 23 heavy (non-hydrogen) atoms. The van der Waals surface area contributed by atoms with E-state index in [0.717, 1.165) is 0 Å². The quantitative estimate of drug-likeness (QED) is 0.754. The number of hydrogen-bond acceptors (Lipinski definition) is 6. The second-order valence-corrected chi connectivity index (χ2v) is 6.50. The number of aromatic nitrogens is 1. The van der Waals surface area contributed by atoms with E-state index in [-0.39, 0.29) is 16.5 Å². The summed E-state index contributed by atoms with van der Waals surface area (Å²) in [5.41, 5.74) is 0.206. The molecule has 2 aromatic heterocycles. The lowest BCUT2D eigenvalue weighted by atomic mass is 10.3. The van der Waals surface area contributed by atoms with Crippen molar-refractivity contribution < 1.29 is 22.1 Å². The molecule has 7 nitrogen and oxygen atoms in total. The Bertz CT molecular complexity index is 919. The first-order valence-corrected chi connectivity index (χ1v) is 8.23. The number of methoxy groups -OCH3 is 1. The number of benzene rings is 1. The van der Waals surface area contributed by atoms with Crippen LogP contribution < -0.4 is 9.46 Å². The minimum atomic E-state index is -3.95. The van der Waals surface area contributed by atoms with Crippen molar-refractivity contribution in [2.75, 3.05) is 11.8 Å². The Morgan fingerprint density at radius 3 is 2.70 bits per heavy atom. The molecule has 0 aliphatic heterocycles. The van der Waals surface area contributed by atoms with Gasteiger partial charge in [0.15, 0.2) is 5.76 Å². The Balaban J connectivity index is 1.92. The van der Waals surface area contributed by atoms with E-state index in [1.807, 2.05) is 0 Å². The summed E-state index contributed by atoms with van der Waals surface area (Å²) in [4.78, 5) is 0. The van der Waals surface area contributed by atoms with Crippen molar-refractivity contribution in [1.82, 2.24) is 5.16 Å². The Morgan fingerprint density at radius 1 is 1.17 bits per heavy atom. The highest BCUT2D eigenvalue weighted by Gasteiger charge is 2.22. The van der Waals surface area contributed by atoms with E-state index in [2.05, 4.69) is 9.88 Å². The van der Waals surface area contributed by atoms with Crippen LogP contribution in [0.5, 0.6) is 5.75 Å². The second-order valence-electron chi connectivity index (χ2n) is 4.45. The summed E-state index contributed by atoms with van der Waals surface area (Å²) in [6, 6.07) is 8.94. The van der Waals surface area contributed by atoms with Gasteiger partial charge in [0.2, 0.25) is 10.9 Å². The Hall–Kier alpha value is -2.45. The molecule has 1 aromatic carbocycles. The largest absolute Gasteiger partial charge is 0.495 e. The van der Waals surface area contributed by atoms with Gasteiger partial charge in [0.05, 0.1) is 19.0 Å². The van der Waals surface area contributed by atoms with Crippen LogP contribution >= 0.6 is 11.6 Å². The molecule has 0 spiro atoms. The monoisotopic (exact) mass is 354 g/mol. The molecule has 0 fully saturated rings. The molecule has 0 saturated heterocycles. The molecule has 0 amide bonds. The van der Waals surface area contributed by atoms with Crippen molar-refractivity contribution in [1.29, 1.82) is 0 Å². The molecule has 0 atom stereocenters. The molecule has 3 aromatic rings. The van der Waals surface area contributed by atoms with Crippen LogP contribution in [0.15, 0.2) is 56.6 Å². The predicted molar refractivity (Wildman–Crippen MR) is 83.0 cm³/mol. The van der Waals surface area contributed by atoms with Crippen LogP contribution in [-0.2, 0) is 10.0 Å². The summed E-state index contributed by atoms with van der Waals surface area (Å²) in [7, 11) is -2.52. The van der Waals surface area contributed by atoms with Gasteiger partial charge in [0.25, 0.3) is 10.0 Å². The molecule has 0 radical (unpaired) electrons. The lowest BCUT2D eigenvalue weighted by Crippen LogP contribution is -2.12. The lowest BCUT2D eigenvalue weighted by Gasteiger charge is -2.10. The van der Waals surface area contributed by atoms with E-state index < -0.39 is 10.0 Å². The third-order valence-electron chi connectivity index (χ3n) is 2.93. The van der Waals surface area contributed by atoms with Crippen LogP contribution in [0.3, 0.4) is 0 Å². The maximum Gasteiger partial charge on any atom is 0.295 e. The summed E-state index contributed by atoms with van der Waals surface area (Å²) >= 11 is 5.89. The maximum atomic E-state index is 12.4. The van der Waals surface area contributed by atoms with Crippen LogP contribution in [-0.4, -0.2) is 20.7 Å². The van der Waals surface area contributed by atoms with E-state index >= 15 is 0 Å². The van der Waals surface area contributed by atoms with E-state index in [9.17, 15) is 8.42 Å². The zero-order valence-electron chi connectivity index (χ0n) is 11.8. The molecule has 3 rings (SSSR count). The molecule has 0 aliphatic rings. The van der Waals surface area contributed by atoms with Gasteiger partial charge >= 0.3 is 0 Å². The zero-order valence-corrected chi connectivity index (χ0v) is 13.4. The number of halogens is 1. The number of anilines is 1. The molecule has 0 aliphatic carbocycles. The van der Waals surface area contributed by atoms with Crippen molar-refractivity contribution in [3.05, 3.63) is 47.6 Å². The molecule has 0 bridgehead atoms. The standard InChI is InChI=1S/C14H11ClN2O5S/c1-20-11-3-2-9(15)8-10(11)17-23(18,19)14-5-4-12(21-14)13-6-7-16-22-13/h2-8,17H,1H3. The molecule has 2 heterocycles. The number of ether oxygens (including phenoxy) is 1. The number of furan rings is 1. The Kier molecular flexibility index (Phi) is 4.01. The molecule has 120 valence electrons. The number of hydrogen-bond donors (Lipinski definition) is 1. The predicted octanol–water partition coefficient (Wildman–Crippen LogP) is 3.40. The Morgan fingerprint density at radius 2 is 2.00 bits per heavy atom. The highest BCUT2D eigenvalue weighted by atomic mass is 35.5. The summed E-state index contributed by atoms with van der Waals surface area (Å²) in [5.74, 6) is 0.910. The fourth-order valence-electron chi connectivity index (χ4n) is 1.89. The van der Waals surface area contributed by atoms with Crippen molar-refractivity contribution in [3.63, 3.8) is 0 Å². The van der Waals surface area contributed by atoms with Gasteiger partial charge in [-0.25, -0.2) is 0 Å². The highest BCUT2D eigenvalue weighted by Crippen LogP contribution is 2.31. The van der Waals surface area contributed by atoms with Gasteiger partial charge in [-0.2, -0.15) is 8.42 Å². The van der Waals surface area contributed by atoms with Crippen molar-refractivity contribution in [2.45, 2.75) is 5.09 Å². The highest BCUT2D eigenvalue weighted by molar-refractivity contribution is 7.92. The van der Waals surface area contributed by atoms with Gasteiger partial charge < -0.3 is 13.7 Å². The summed E-state index contributed by atoms with van der Waals surface area (Å²) < 4.78 is 42.5. The number of nitrogens with one attached hydrogen (secondary N) is 1. The zero-order chi connectivity index (χ0) is 16.4. The number of nitrogens with zero attached hydrogens (tertiary/aromatic N) is 1. The summed E-state index contributed by atoms with van der Waals surface area (Å²) in [5, 5.41) is 3.63. The third-order valence-corrected chi connectivity index (χ3v) is 4.41.